The van der Waals surface area contributed by atoms with Crippen LogP contribution in [0.15, 0.2) is 103 Å². The molecule has 5 aromatic rings. The van der Waals surface area contributed by atoms with Crippen LogP contribution in [-0.4, -0.2) is 41.1 Å². The van der Waals surface area contributed by atoms with E-state index in [0.717, 1.165) is 11.3 Å². The summed E-state index contributed by atoms with van der Waals surface area (Å²) in [5.41, 5.74) is 10.3. The summed E-state index contributed by atoms with van der Waals surface area (Å²) in [6.45, 7) is 0.892. The molecule has 0 saturated heterocycles. The molecule has 3 aromatic carbocycles. The van der Waals surface area contributed by atoms with Gasteiger partial charge in [-0.25, -0.2) is 9.78 Å². The molecule has 1 unspecified atom stereocenters. The lowest BCUT2D eigenvalue weighted by molar-refractivity contribution is -0.205. The van der Waals surface area contributed by atoms with Crippen LogP contribution in [0, 0.1) is 0 Å². The molecule has 0 radical (unpaired) electrons. The number of nitrogens with one attached hydrogen (secondary N) is 2. The first-order valence-electron chi connectivity index (χ1n) is 13.3. The van der Waals surface area contributed by atoms with Crippen molar-refractivity contribution in [2.24, 2.45) is 5.73 Å². The van der Waals surface area contributed by atoms with Crippen molar-refractivity contribution in [3.63, 3.8) is 0 Å². The van der Waals surface area contributed by atoms with Gasteiger partial charge in [0.05, 0.1) is 11.2 Å². The highest BCUT2D eigenvalue weighted by molar-refractivity contribution is 6.06. The number of fused-ring (bicyclic) bond motifs is 1. The molecule has 1 atom stereocenters. The van der Waals surface area contributed by atoms with E-state index >= 15 is 0 Å². The number of pyridine rings is 2. The van der Waals surface area contributed by atoms with Crippen LogP contribution >= 0.6 is 0 Å². The summed E-state index contributed by atoms with van der Waals surface area (Å²) in [7, 11) is 0. The number of alkyl halides is 3. The number of esters is 1. The average Bonchev–Trinajstić information content (AvgIpc) is 3.02. The molecule has 0 saturated carbocycles. The smallest absolute Gasteiger partial charge is 0.436 e. The highest BCUT2D eigenvalue weighted by Gasteiger charge is 2.42. The van der Waals surface area contributed by atoms with Gasteiger partial charge in [0.15, 0.2) is 6.23 Å². The van der Waals surface area contributed by atoms with Crippen LogP contribution in [0.2, 0.25) is 0 Å². The third-order valence-corrected chi connectivity index (χ3v) is 6.53. The summed E-state index contributed by atoms with van der Waals surface area (Å²) in [6, 6.07) is 28.8. The SMILES string of the molecule is NC(OC(=O)C(F)(F)F)c1ccc(-c2nc3ccnc(C(=O)NCCNc4ccccc4)c3cc2-c2ccccc2)cc1. The molecule has 5 rings (SSSR count). The van der Waals surface area contributed by atoms with E-state index in [0.29, 0.717) is 40.8 Å². The molecule has 1 amide bonds. The standard InChI is InChI=1S/C32H26F3N5O3/c33-32(34,35)31(42)43-29(36)22-13-11-21(12-14-22)27-24(20-7-3-1-4-8-20)19-25-26(40-27)15-16-38-28(25)30(41)39-18-17-37-23-9-5-2-6-10-23/h1-16,19,29,37H,17-18,36H2,(H,39,41). The van der Waals surface area contributed by atoms with E-state index in [1.807, 2.05) is 66.7 Å². The minimum absolute atomic E-state index is 0.174. The van der Waals surface area contributed by atoms with E-state index in [-0.39, 0.29) is 17.2 Å². The van der Waals surface area contributed by atoms with E-state index in [1.165, 1.54) is 18.3 Å². The summed E-state index contributed by atoms with van der Waals surface area (Å²) in [4.78, 5) is 33.6. The quantitative estimate of drug-likeness (QED) is 0.113. The molecular formula is C32H26F3N5O3. The largest absolute Gasteiger partial charge is 0.490 e. The molecule has 43 heavy (non-hydrogen) atoms. The Morgan fingerprint density at radius 2 is 1.53 bits per heavy atom. The van der Waals surface area contributed by atoms with Gasteiger partial charge in [-0.3, -0.25) is 15.5 Å². The van der Waals surface area contributed by atoms with Gasteiger partial charge in [-0.05, 0) is 29.8 Å². The molecule has 0 aliphatic rings. The second kappa shape index (κ2) is 12.7. The van der Waals surface area contributed by atoms with Gasteiger partial charge in [-0.1, -0.05) is 72.8 Å². The summed E-state index contributed by atoms with van der Waals surface area (Å²) >= 11 is 0. The number of halogens is 3. The van der Waals surface area contributed by atoms with Crippen molar-refractivity contribution in [3.05, 3.63) is 115 Å². The number of amides is 1. The number of nitrogens with two attached hydrogens (primary N) is 1. The number of aromatic nitrogens is 2. The molecular weight excluding hydrogens is 559 g/mol. The summed E-state index contributed by atoms with van der Waals surface area (Å²) in [6.07, 6.45) is -5.24. The molecule has 4 N–H and O–H groups in total. The number of carbonyl (C=O) groups excluding carboxylic acids is 2. The molecule has 0 fully saturated rings. The number of hydrogen-bond donors (Lipinski definition) is 3. The third-order valence-electron chi connectivity index (χ3n) is 6.53. The minimum atomic E-state index is -5.15. The van der Waals surface area contributed by atoms with Crippen molar-refractivity contribution in [1.29, 1.82) is 0 Å². The van der Waals surface area contributed by atoms with E-state index in [4.69, 9.17) is 10.7 Å². The van der Waals surface area contributed by atoms with E-state index < -0.39 is 18.4 Å². The van der Waals surface area contributed by atoms with Gasteiger partial charge in [-0.15, -0.1) is 0 Å². The van der Waals surface area contributed by atoms with Crippen LogP contribution in [0.1, 0.15) is 22.3 Å². The predicted octanol–water partition coefficient (Wildman–Crippen LogP) is 5.87. The van der Waals surface area contributed by atoms with Crippen LogP contribution in [0.25, 0.3) is 33.3 Å². The Hall–Kier alpha value is -5.29. The van der Waals surface area contributed by atoms with Gasteiger partial charge < -0.3 is 15.4 Å². The summed E-state index contributed by atoms with van der Waals surface area (Å²) < 4.78 is 42.1. The van der Waals surface area contributed by atoms with Crippen molar-refractivity contribution in [3.8, 4) is 22.4 Å². The first-order valence-corrected chi connectivity index (χ1v) is 13.3. The Morgan fingerprint density at radius 1 is 0.860 bits per heavy atom. The second-order valence-electron chi connectivity index (χ2n) is 9.47. The highest BCUT2D eigenvalue weighted by Crippen LogP contribution is 2.34. The van der Waals surface area contributed by atoms with Gasteiger partial charge in [0, 0.05) is 47.1 Å². The first-order chi connectivity index (χ1) is 20.7. The maximum atomic E-state index is 13.2. The number of carbonyl (C=O) groups is 2. The van der Waals surface area contributed by atoms with Crippen molar-refractivity contribution in [2.45, 2.75) is 12.4 Å². The van der Waals surface area contributed by atoms with E-state index in [1.54, 1.807) is 18.2 Å². The van der Waals surface area contributed by atoms with Crippen LogP contribution in [0.4, 0.5) is 18.9 Å². The summed E-state index contributed by atoms with van der Waals surface area (Å²) in [5, 5.41) is 6.69. The lowest BCUT2D eigenvalue weighted by Gasteiger charge is -2.16. The monoisotopic (exact) mass is 585 g/mol. The van der Waals surface area contributed by atoms with Crippen LogP contribution < -0.4 is 16.4 Å². The zero-order valence-electron chi connectivity index (χ0n) is 22.6. The molecule has 2 aromatic heterocycles. The van der Waals surface area contributed by atoms with Gasteiger partial charge in [0.2, 0.25) is 0 Å². The Balaban J connectivity index is 1.44. The fraction of sp³-hybridized carbons (Fsp3) is 0.125. The van der Waals surface area contributed by atoms with Crippen molar-refractivity contribution in [2.75, 3.05) is 18.4 Å². The Labute approximate surface area is 244 Å². The molecule has 218 valence electrons. The Bertz CT molecular complexity index is 1730. The number of hydrogen-bond acceptors (Lipinski definition) is 7. The number of para-hydroxylation sites is 1. The maximum Gasteiger partial charge on any atom is 0.490 e. The Morgan fingerprint density at radius 3 is 2.21 bits per heavy atom. The molecule has 11 heteroatoms. The number of nitrogens with zero attached hydrogens (tertiary/aromatic N) is 2. The minimum Gasteiger partial charge on any atom is -0.436 e. The van der Waals surface area contributed by atoms with Gasteiger partial charge in [-0.2, -0.15) is 13.2 Å². The van der Waals surface area contributed by atoms with Crippen LogP contribution in [0.3, 0.4) is 0 Å². The van der Waals surface area contributed by atoms with Crippen LogP contribution in [0.5, 0.6) is 0 Å². The van der Waals surface area contributed by atoms with Crippen molar-refractivity contribution < 1.29 is 27.5 Å². The molecule has 2 heterocycles. The van der Waals surface area contributed by atoms with E-state index in [9.17, 15) is 22.8 Å². The first kappa shape index (κ1) is 29.2. The number of rotatable bonds is 9. The van der Waals surface area contributed by atoms with Gasteiger partial charge >= 0.3 is 12.1 Å². The lowest BCUT2D eigenvalue weighted by Crippen LogP contribution is -2.30. The third kappa shape index (κ3) is 6.96. The van der Waals surface area contributed by atoms with Crippen molar-refractivity contribution >= 4 is 28.5 Å². The normalized spacial score (nSPS) is 12.0. The number of ether oxygens (including phenoxy) is 1. The zero-order valence-corrected chi connectivity index (χ0v) is 22.6. The summed E-state index contributed by atoms with van der Waals surface area (Å²) in [5.74, 6) is -2.71. The number of anilines is 1. The fourth-order valence-corrected chi connectivity index (χ4v) is 4.44. The molecule has 8 nitrogen and oxygen atoms in total. The fourth-order valence-electron chi connectivity index (χ4n) is 4.44. The topological polar surface area (TPSA) is 119 Å². The second-order valence-corrected chi connectivity index (χ2v) is 9.47. The van der Waals surface area contributed by atoms with Crippen LogP contribution in [-0.2, 0) is 9.53 Å². The zero-order chi connectivity index (χ0) is 30.4. The number of benzene rings is 3. The van der Waals surface area contributed by atoms with Gasteiger partial charge in [0.1, 0.15) is 5.69 Å². The predicted molar refractivity (Wildman–Crippen MR) is 157 cm³/mol. The maximum absolute atomic E-state index is 13.2. The lowest BCUT2D eigenvalue weighted by atomic mass is 9.96. The average molecular weight is 586 g/mol. The van der Waals surface area contributed by atoms with Crippen molar-refractivity contribution in [1.82, 2.24) is 15.3 Å². The highest BCUT2D eigenvalue weighted by atomic mass is 19.4. The van der Waals surface area contributed by atoms with E-state index in [2.05, 4.69) is 20.4 Å². The van der Waals surface area contributed by atoms with Gasteiger partial charge in [0.25, 0.3) is 5.91 Å². The molecule has 0 spiro atoms. The molecule has 0 aliphatic heterocycles. The Kier molecular flexibility index (Phi) is 8.63. The molecule has 0 bridgehead atoms. The molecule has 0 aliphatic carbocycles.